The molecule has 6 N–H and O–H groups in total. The molecule has 15 nitrogen and oxygen atoms in total. The highest BCUT2D eigenvalue weighted by Gasteiger charge is 2.56. The average Bonchev–Trinajstić information content (AvgIpc) is 3.24. The number of aliphatic hydroxyl groups is 5. The number of hydrogen-bond acceptors (Lipinski definition) is 14. The van der Waals surface area contributed by atoms with E-state index in [0.29, 0.717) is 62.7 Å². The SMILES string of the molecule is C=CC[C@@H]1/C=C(\C)C[C@H](C)C[C@H](OC)[C@H]2O[C@@](O)(C(=O)C(=O)N3CCCC[C@H]3C(=O)O[C@H](/C(C)=C/[C@@H]3CC[C@@H](O)[C@H](OC)C3)[C@H](C)[C@@H](O)CC1=N)[C@H](C)C[C@@H]2OC.OCCO. The number of carbonyl (C=O) groups is 3. The lowest BCUT2D eigenvalue weighted by molar-refractivity contribution is -0.302. The normalized spacial score (nSPS) is 38.8. The number of cyclic esters (lactones) is 1. The molecule has 0 spiro atoms. The zero-order valence-corrected chi connectivity index (χ0v) is 37.8. The van der Waals surface area contributed by atoms with E-state index in [1.165, 1.54) is 12.0 Å². The number of aliphatic hydroxyl groups excluding tert-OH is 4. The Bertz CT molecular complexity index is 1520. The first kappa shape index (κ1) is 52.5. The maximum absolute atomic E-state index is 14.3. The standard InChI is InChI=1S/C44H70N2O11.C2H6O2/c1-10-13-31-19-25(2)18-26(3)20-37(54-8)40-38(55-9)22-28(5)44(52,57-40)41(49)42(50)46-17-12-11-14-33(46)43(51)56-39(29(6)35(48)24-32(31)45)27(4)21-30-15-16-34(47)36(23-30)53-7;3-1-2-4/h10,19,21,26,28-31,33-40,45,47-48,52H,1,11-18,20,22-24H2,2-9H3;3-4H,1-2H2/b25-19+,27-21+,45-32?;/t26-,28+,29+,30-,31+,33-,34+,35-,36+,37-,38-,39+,40+,44+;/m0./s1. The van der Waals surface area contributed by atoms with Crippen molar-refractivity contribution in [2.24, 2.45) is 29.6 Å². The van der Waals surface area contributed by atoms with Gasteiger partial charge in [-0.15, -0.1) is 6.58 Å². The summed E-state index contributed by atoms with van der Waals surface area (Å²) in [5.41, 5.74) is 2.06. The van der Waals surface area contributed by atoms with Crippen LogP contribution in [0.1, 0.15) is 105 Å². The van der Waals surface area contributed by atoms with Gasteiger partial charge in [0.25, 0.3) is 11.7 Å². The Balaban J connectivity index is 0.00000237. The molecule has 0 unspecified atom stereocenters. The fourth-order valence-electron chi connectivity index (χ4n) is 9.46. The molecule has 3 heterocycles. The van der Waals surface area contributed by atoms with Crippen molar-refractivity contribution in [3.05, 3.63) is 36.0 Å². The number of esters is 1. The van der Waals surface area contributed by atoms with Gasteiger partial charge in [-0.25, -0.2) is 4.79 Å². The Morgan fingerprint density at radius 2 is 1.57 bits per heavy atom. The maximum atomic E-state index is 14.3. The van der Waals surface area contributed by atoms with Crippen molar-refractivity contribution in [3.63, 3.8) is 0 Å². The summed E-state index contributed by atoms with van der Waals surface area (Å²) in [4.78, 5) is 44.0. The minimum absolute atomic E-state index is 0.0140. The first-order valence-electron chi connectivity index (χ1n) is 22.1. The Morgan fingerprint density at radius 3 is 2.18 bits per heavy atom. The van der Waals surface area contributed by atoms with E-state index in [1.807, 2.05) is 26.0 Å². The average molecular weight is 865 g/mol. The van der Waals surface area contributed by atoms with E-state index in [-0.39, 0.29) is 62.9 Å². The second kappa shape index (κ2) is 24.8. The highest BCUT2D eigenvalue weighted by molar-refractivity contribution is 6.39. The Hall–Kier alpha value is -2.86. The number of ether oxygens (including phenoxy) is 5. The lowest BCUT2D eigenvalue weighted by Gasteiger charge is -2.47. The number of nitrogens with zero attached hydrogens (tertiary/aromatic N) is 1. The van der Waals surface area contributed by atoms with Crippen LogP contribution in [-0.2, 0) is 38.1 Å². The smallest absolute Gasteiger partial charge is 0.329 e. The van der Waals surface area contributed by atoms with Crippen LogP contribution in [0.15, 0.2) is 36.0 Å². The summed E-state index contributed by atoms with van der Waals surface area (Å²) in [5.74, 6) is -7.13. The van der Waals surface area contributed by atoms with Crippen molar-refractivity contribution in [2.45, 2.75) is 160 Å². The number of amides is 1. The molecule has 348 valence electrons. The number of allylic oxidation sites excluding steroid dienone is 4. The summed E-state index contributed by atoms with van der Waals surface area (Å²) < 4.78 is 29.9. The summed E-state index contributed by atoms with van der Waals surface area (Å²) in [6, 6.07) is -1.12. The van der Waals surface area contributed by atoms with E-state index >= 15 is 0 Å². The van der Waals surface area contributed by atoms with Gasteiger partial charge < -0.3 is 59.5 Å². The van der Waals surface area contributed by atoms with Gasteiger partial charge in [0.2, 0.25) is 5.79 Å². The molecule has 4 rings (SSSR count). The predicted molar refractivity (Wildman–Crippen MR) is 229 cm³/mol. The van der Waals surface area contributed by atoms with Crippen molar-refractivity contribution in [3.8, 4) is 0 Å². The van der Waals surface area contributed by atoms with Gasteiger partial charge in [0.15, 0.2) is 0 Å². The van der Waals surface area contributed by atoms with Crippen LogP contribution in [0.5, 0.6) is 0 Å². The molecule has 14 atom stereocenters. The third kappa shape index (κ3) is 13.8. The molecule has 2 saturated heterocycles. The summed E-state index contributed by atoms with van der Waals surface area (Å²) in [6.07, 6.45) is 5.99. The summed E-state index contributed by atoms with van der Waals surface area (Å²) >= 11 is 0. The molecule has 3 aliphatic heterocycles. The maximum Gasteiger partial charge on any atom is 0.329 e. The highest BCUT2D eigenvalue weighted by atomic mass is 16.7. The molecule has 61 heavy (non-hydrogen) atoms. The molecule has 0 radical (unpaired) electrons. The largest absolute Gasteiger partial charge is 0.456 e. The molecule has 4 aliphatic rings. The molecule has 1 aliphatic carbocycles. The van der Waals surface area contributed by atoms with Crippen molar-refractivity contribution >= 4 is 23.4 Å². The van der Waals surface area contributed by atoms with Crippen LogP contribution < -0.4 is 0 Å². The molecular weight excluding hydrogens is 789 g/mol. The number of Topliss-reactive ketones (excluding diaryl/α,β-unsaturated/α-hetero) is 1. The Labute approximate surface area is 363 Å². The van der Waals surface area contributed by atoms with Gasteiger partial charge in [-0.05, 0) is 95.5 Å². The second-order valence-corrected chi connectivity index (χ2v) is 17.8. The summed E-state index contributed by atoms with van der Waals surface area (Å²) in [6.45, 7) is 13.1. The van der Waals surface area contributed by atoms with Gasteiger partial charge in [-0.1, -0.05) is 44.6 Å². The number of ketones is 1. The number of carbonyl (C=O) groups excluding carboxylic acids is 3. The van der Waals surface area contributed by atoms with Crippen molar-refractivity contribution in [1.29, 1.82) is 5.41 Å². The summed E-state index contributed by atoms with van der Waals surface area (Å²) in [7, 11) is 4.65. The van der Waals surface area contributed by atoms with Gasteiger partial charge in [-0.3, -0.25) is 9.59 Å². The third-order valence-corrected chi connectivity index (χ3v) is 13.0. The molecule has 1 saturated carbocycles. The van der Waals surface area contributed by atoms with Crippen LogP contribution in [0.3, 0.4) is 0 Å². The molecule has 3 fully saturated rings. The van der Waals surface area contributed by atoms with E-state index in [9.17, 15) is 29.7 Å². The van der Waals surface area contributed by atoms with E-state index in [4.69, 9.17) is 39.3 Å². The minimum Gasteiger partial charge on any atom is -0.456 e. The van der Waals surface area contributed by atoms with Gasteiger partial charge in [0.05, 0.1) is 43.7 Å². The Kier molecular flexibility index (Phi) is 21.4. The number of fused-ring (bicyclic) bond motifs is 3. The first-order valence-corrected chi connectivity index (χ1v) is 22.1. The van der Waals surface area contributed by atoms with Crippen molar-refractivity contribution < 1.29 is 63.6 Å². The number of nitrogens with one attached hydrogen (secondary N) is 1. The van der Waals surface area contributed by atoms with Gasteiger partial charge in [0, 0.05) is 57.8 Å². The first-order chi connectivity index (χ1) is 28.9. The van der Waals surface area contributed by atoms with Crippen LogP contribution in [0.2, 0.25) is 0 Å². The van der Waals surface area contributed by atoms with E-state index in [2.05, 4.69) is 13.5 Å². The van der Waals surface area contributed by atoms with Crippen LogP contribution in [-0.4, -0.2) is 149 Å². The van der Waals surface area contributed by atoms with Gasteiger partial charge >= 0.3 is 5.97 Å². The number of rotatable bonds is 8. The predicted octanol–water partition coefficient (Wildman–Crippen LogP) is 4.06. The summed E-state index contributed by atoms with van der Waals surface area (Å²) in [5, 5.41) is 58.7. The van der Waals surface area contributed by atoms with Crippen LogP contribution >= 0.6 is 0 Å². The molecule has 0 aromatic heterocycles. The molecule has 0 aromatic carbocycles. The molecule has 0 aromatic rings. The zero-order valence-electron chi connectivity index (χ0n) is 37.8. The molecule has 1 amide bonds. The third-order valence-electron chi connectivity index (χ3n) is 13.0. The quantitative estimate of drug-likeness (QED) is 0.115. The van der Waals surface area contributed by atoms with Crippen LogP contribution in [0.25, 0.3) is 0 Å². The fraction of sp³-hybridized carbons (Fsp3) is 0.783. The van der Waals surface area contributed by atoms with Crippen LogP contribution in [0.4, 0.5) is 0 Å². The molecule has 15 heteroatoms. The second-order valence-electron chi connectivity index (χ2n) is 17.8. The Morgan fingerprint density at radius 1 is 0.934 bits per heavy atom. The van der Waals surface area contributed by atoms with E-state index in [0.717, 1.165) is 5.57 Å². The lowest BCUT2D eigenvalue weighted by Crippen LogP contribution is -2.64. The zero-order chi connectivity index (χ0) is 45.6. The fourth-order valence-corrected chi connectivity index (χ4v) is 9.46. The van der Waals surface area contributed by atoms with Crippen molar-refractivity contribution in [2.75, 3.05) is 41.1 Å². The van der Waals surface area contributed by atoms with E-state index < -0.39 is 77.9 Å². The van der Waals surface area contributed by atoms with E-state index in [1.54, 1.807) is 34.1 Å². The number of piperidine rings is 1. The van der Waals surface area contributed by atoms with Gasteiger partial charge in [0.1, 0.15) is 18.2 Å². The highest BCUT2D eigenvalue weighted by Crippen LogP contribution is 2.39. The molecule has 2 bridgehead atoms. The van der Waals surface area contributed by atoms with Crippen LogP contribution in [0, 0.1) is 35.0 Å². The van der Waals surface area contributed by atoms with Crippen molar-refractivity contribution in [1.82, 2.24) is 4.90 Å². The number of hydrogen-bond donors (Lipinski definition) is 6. The number of methoxy groups -OCH3 is 3. The minimum atomic E-state index is -2.50. The van der Waals surface area contributed by atoms with Gasteiger partial charge in [-0.2, -0.15) is 0 Å². The topological polar surface area (TPSA) is 226 Å². The lowest BCUT2D eigenvalue weighted by atomic mass is 9.81. The monoisotopic (exact) mass is 865 g/mol. The molecular formula is C46H76N2O13.